The van der Waals surface area contributed by atoms with Crippen LogP contribution in [0.3, 0.4) is 0 Å². The Bertz CT molecular complexity index is 505. The van der Waals surface area contributed by atoms with Crippen molar-refractivity contribution in [2.75, 3.05) is 13.2 Å². The Kier molecular flexibility index (Phi) is 6.13. The molecule has 20 heavy (non-hydrogen) atoms. The van der Waals surface area contributed by atoms with Gasteiger partial charge in [0.05, 0.1) is 12.2 Å². The van der Waals surface area contributed by atoms with Crippen molar-refractivity contribution in [2.24, 2.45) is 0 Å². The number of hydrogen-bond donors (Lipinski definition) is 0. The fourth-order valence-corrected chi connectivity index (χ4v) is 2.07. The number of carbonyl (C=O) groups excluding carboxylic acids is 2. The largest absolute Gasteiger partial charge is 0.465 e. The topological polar surface area (TPSA) is 46.6 Å². The van der Waals surface area contributed by atoms with Gasteiger partial charge in [0, 0.05) is 10.5 Å². The van der Waals surface area contributed by atoms with Gasteiger partial charge in [-0.3, -0.25) is 9.59 Å². The van der Waals surface area contributed by atoms with E-state index in [1.54, 1.807) is 20.8 Å². The molecule has 0 aliphatic heterocycles. The molecule has 0 aliphatic carbocycles. The molecule has 1 rings (SSSR count). The van der Waals surface area contributed by atoms with Crippen LogP contribution in [0.25, 0.3) is 0 Å². The van der Waals surface area contributed by atoms with Crippen LogP contribution in [-0.2, 0) is 9.53 Å². The molecule has 0 bridgehead atoms. The third kappa shape index (κ3) is 4.30. The molecule has 4 nitrogen and oxygen atoms in total. The van der Waals surface area contributed by atoms with E-state index < -0.39 is 17.7 Å². The average molecular weight is 346 g/mol. The number of esters is 1. The highest BCUT2D eigenvalue weighted by Gasteiger charge is 2.24. The maximum Gasteiger partial charge on any atom is 0.325 e. The molecule has 110 valence electrons. The standard InChI is InChI=1S/C14H17BrFNO3/c1-4-20-13(18)8-17(9(2)3)14(19)11-7-10(16)5-6-12(11)15/h5-7,9H,4,8H2,1-3H3. The van der Waals surface area contributed by atoms with E-state index in [9.17, 15) is 14.0 Å². The lowest BCUT2D eigenvalue weighted by molar-refractivity contribution is -0.144. The van der Waals surface area contributed by atoms with Gasteiger partial charge in [0.2, 0.25) is 0 Å². The zero-order valence-corrected chi connectivity index (χ0v) is 13.2. The molecule has 0 heterocycles. The lowest BCUT2D eigenvalue weighted by Gasteiger charge is -2.26. The molecule has 0 saturated heterocycles. The van der Waals surface area contributed by atoms with Gasteiger partial charge in [-0.1, -0.05) is 0 Å². The van der Waals surface area contributed by atoms with Crippen molar-refractivity contribution in [2.45, 2.75) is 26.8 Å². The molecule has 0 unspecified atom stereocenters. The van der Waals surface area contributed by atoms with Crippen LogP contribution in [0.4, 0.5) is 4.39 Å². The first-order valence-electron chi connectivity index (χ1n) is 6.28. The lowest BCUT2D eigenvalue weighted by Crippen LogP contribution is -2.41. The highest BCUT2D eigenvalue weighted by molar-refractivity contribution is 9.10. The smallest absolute Gasteiger partial charge is 0.325 e. The van der Waals surface area contributed by atoms with Crippen molar-refractivity contribution in [1.82, 2.24) is 4.90 Å². The first-order valence-corrected chi connectivity index (χ1v) is 7.07. The molecule has 1 amide bonds. The lowest BCUT2D eigenvalue weighted by atomic mass is 10.1. The Balaban J connectivity index is 2.99. The number of ether oxygens (including phenoxy) is 1. The van der Waals surface area contributed by atoms with Crippen LogP contribution < -0.4 is 0 Å². The Morgan fingerprint density at radius 1 is 1.40 bits per heavy atom. The zero-order valence-electron chi connectivity index (χ0n) is 11.7. The maximum atomic E-state index is 13.3. The van der Waals surface area contributed by atoms with Crippen molar-refractivity contribution < 1.29 is 18.7 Å². The molecule has 0 aliphatic rings. The van der Waals surface area contributed by atoms with E-state index in [0.717, 1.165) is 6.07 Å². The summed E-state index contributed by atoms with van der Waals surface area (Å²) in [5.74, 6) is -1.40. The predicted octanol–water partition coefficient (Wildman–Crippen LogP) is 3.00. The quantitative estimate of drug-likeness (QED) is 0.770. The van der Waals surface area contributed by atoms with E-state index in [1.807, 2.05) is 0 Å². The van der Waals surface area contributed by atoms with Gasteiger partial charge in [0.15, 0.2) is 0 Å². The summed E-state index contributed by atoms with van der Waals surface area (Å²) in [7, 11) is 0. The summed E-state index contributed by atoms with van der Waals surface area (Å²) in [5.41, 5.74) is 0.183. The van der Waals surface area contributed by atoms with Crippen LogP contribution in [0.15, 0.2) is 22.7 Å². The van der Waals surface area contributed by atoms with Crippen LogP contribution in [0.1, 0.15) is 31.1 Å². The van der Waals surface area contributed by atoms with Gasteiger partial charge >= 0.3 is 5.97 Å². The SMILES string of the molecule is CCOC(=O)CN(C(=O)c1cc(F)ccc1Br)C(C)C. The molecule has 0 N–H and O–H groups in total. The fraction of sp³-hybridized carbons (Fsp3) is 0.429. The first kappa shape index (κ1) is 16.6. The summed E-state index contributed by atoms with van der Waals surface area (Å²) in [4.78, 5) is 25.3. The maximum absolute atomic E-state index is 13.3. The van der Waals surface area contributed by atoms with Crippen molar-refractivity contribution in [3.8, 4) is 0 Å². The van der Waals surface area contributed by atoms with E-state index in [2.05, 4.69) is 15.9 Å². The number of hydrogen-bond acceptors (Lipinski definition) is 3. The van der Waals surface area contributed by atoms with Gasteiger partial charge in [-0.2, -0.15) is 0 Å². The third-order valence-corrected chi connectivity index (χ3v) is 3.34. The second-order valence-corrected chi connectivity index (χ2v) is 5.31. The van der Waals surface area contributed by atoms with Crippen molar-refractivity contribution in [3.63, 3.8) is 0 Å². The van der Waals surface area contributed by atoms with Crippen LogP contribution in [0.5, 0.6) is 0 Å². The van der Waals surface area contributed by atoms with E-state index in [4.69, 9.17) is 4.74 Å². The number of carbonyl (C=O) groups is 2. The van der Waals surface area contributed by atoms with Gasteiger partial charge < -0.3 is 9.64 Å². The number of halogens is 2. The summed E-state index contributed by atoms with van der Waals surface area (Å²) >= 11 is 3.22. The van der Waals surface area contributed by atoms with Gasteiger partial charge in [-0.15, -0.1) is 0 Å². The van der Waals surface area contributed by atoms with E-state index in [0.29, 0.717) is 4.47 Å². The number of amides is 1. The molecule has 0 spiro atoms. The normalized spacial score (nSPS) is 10.5. The molecule has 1 aromatic rings. The van der Waals surface area contributed by atoms with Gasteiger partial charge in [-0.25, -0.2) is 4.39 Å². The highest BCUT2D eigenvalue weighted by Crippen LogP contribution is 2.20. The predicted molar refractivity (Wildman–Crippen MR) is 76.9 cm³/mol. The molecule has 0 atom stereocenters. The number of rotatable bonds is 5. The van der Waals surface area contributed by atoms with Crippen LogP contribution in [0, 0.1) is 5.82 Å². The molecule has 0 saturated carbocycles. The van der Waals surface area contributed by atoms with E-state index >= 15 is 0 Å². The molecule has 6 heteroatoms. The Hall–Kier alpha value is -1.43. The number of benzene rings is 1. The van der Waals surface area contributed by atoms with Gasteiger partial charge in [0.25, 0.3) is 5.91 Å². The minimum atomic E-state index is -0.503. The third-order valence-electron chi connectivity index (χ3n) is 2.65. The van der Waals surface area contributed by atoms with Crippen LogP contribution >= 0.6 is 15.9 Å². The Morgan fingerprint density at radius 3 is 2.60 bits per heavy atom. The fourth-order valence-electron chi connectivity index (χ4n) is 1.65. The zero-order chi connectivity index (χ0) is 15.3. The first-order chi connectivity index (χ1) is 9.36. The molecule has 0 radical (unpaired) electrons. The van der Waals surface area contributed by atoms with Crippen LogP contribution in [0.2, 0.25) is 0 Å². The van der Waals surface area contributed by atoms with Crippen LogP contribution in [-0.4, -0.2) is 36.0 Å². The summed E-state index contributed by atoms with van der Waals surface area (Å²) in [6, 6.07) is 3.66. The second kappa shape index (κ2) is 7.38. The van der Waals surface area contributed by atoms with Crippen molar-refractivity contribution in [1.29, 1.82) is 0 Å². The summed E-state index contributed by atoms with van der Waals surface area (Å²) in [6.45, 7) is 5.35. The second-order valence-electron chi connectivity index (χ2n) is 4.46. The summed E-state index contributed by atoms with van der Waals surface area (Å²) in [6.07, 6.45) is 0. The minimum Gasteiger partial charge on any atom is -0.465 e. The average Bonchev–Trinajstić information content (AvgIpc) is 2.38. The van der Waals surface area contributed by atoms with Gasteiger partial charge in [0.1, 0.15) is 12.4 Å². The van der Waals surface area contributed by atoms with E-state index in [-0.39, 0.29) is 24.8 Å². The molecule has 0 aromatic heterocycles. The number of nitrogens with zero attached hydrogens (tertiary/aromatic N) is 1. The summed E-state index contributed by atoms with van der Waals surface area (Å²) < 4.78 is 18.6. The van der Waals surface area contributed by atoms with Crippen molar-refractivity contribution in [3.05, 3.63) is 34.1 Å². The van der Waals surface area contributed by atoms with Crippen molar-refractivity contribution >= 4 is 27.8 Å². The highest BCUT2D eigenvalue weighted by atomic mass is 79.9. The van der Waals surface area contributed by atoms with E-state index in [1.165, 1.54) is 17.0 Å². The molecular formula is C14H17BrFNO3. The minimum absolute atomic E-state index is 0.159. The summed E-state index contributed by atoms with van der Waals surface area (Å²) in [5, 5.41) is 0. The monoisotopic (exact) mass is 345 g/mol. The molecule has 0 fully saturated rings. The Labute approximate surface area is 126 Å². The van der Waals surface area contributed by atoms with Gasteiger partial charge in [-0.05, 0) is 54.9 Å². The molecule has 1 aromatic carbocycles. The molecular weight excluding hydrogens is 329 g/mol. The Morgan fingerprint density at radius 2 is 2.05 bits per heavy atom.